The minimum Gasteiger partial charge on any atom is -0.370 e. The normalized spacial score (nSPS) is 28.0. The summed E-state index contributed by atoms with van der Waals surface area (Å²) in [6.45, 7) is 16.6. The number of hydrogen-bond acceptors (Lipinski definition) is 3. The van der Waals surface area contributed by atoms with Crippen LogP contribution in [0.2, 0.25) is 0 Å². The Kier molecular flexibility index (Phi) is 6.09. The highest BCUT2D eigenvalue weighted by molar-refractivity contribution is 4.86. The average molecular weight is 256 g/mol. The summed E-state index contributed by atoms with van der Waals surface area (Å²) in [7, 11) is 0. The first-order valence-electron chi connectivity index (χ1n) is 7.49. The maximum absolute atomic E-state index is 5.96. The van der Waals surface area contributed by atoms with Gasteiger partial charge in [-0.1, -0.05) is 13.3 Å². The third kappa shape index (κ3) is 5.25. The van der Waals surface area contributed by atoms with E-state index in [9.17, 15) is 0 Å². The van der Waals surface area contributed by atoms with E-state index < -0.39 is 0 Å². The van der Waals surface area contributed by atoms with Crippen molar-refractivity contribution < 1.29 is 4.74 Å². The zero-order valence-corrected chi connectivity index (χ0v) is 13.1. The van der Waals surface area contributed by atoms with Crippen molar-refractivity contribution in [2.45, 2.75) is 78.2 Å². The van der Waals surface area contributed by atoms with Crippen molar-refractivity contribution in [2.75, 3.05) is 19.6 Å². The van der Waals surface area contributed by atoms with E-state index in [1.165, 1.54) is 12.8 Å². The lowest BCUT2D eigenvalue weighted by Crippen LogP contribution is -2.56. The Morgan fingerprint density at radius 2 is 2.06 bits per heavy atom. The summed E-state index contributed by atoms with van der Waals surface area (Å²) < 4.78 is 5.96. The predicted molar refractivity (Wildman–Crippen MR) is 78.0 cm³/mol. The Morgan fingerprint density at radius 1 is 1.39 bits per heavy atom. The molecule has 0 aromatic heterocycles. The number of morpholine rings is 1. The average Bonchev–Trinajstić information content (AvgIpc) is 2.23. The van der Waals surface area contributed by atoms with Crippen LogP contribution < -0.4 is 5.32 Å². The predicted octanol–water partition coefficient (Wildman–Crippen LogP) is 2.65. The zero-order valence-electron chi connectivity index (χ0n) is 13.1. The molecule has 1 heterocycles. The summed E-state index contributed by atoms with van der Waals surface area (Å²) in [6.07, 6.45) is 2.85. The molecule has 1 aliphatic heterocycles. The van der Waals surface area contributed by atoms with Gasteiger partial charge in [-0.15, -0.1) is 0 Å². The van der Waals surface area contributed by atoms with Crippen molar-refractivity contribution in [3.63, 3.8) is 0 Å². The van der Waals surface area contributed by atoms with Crippen molar-refractivity contribution >= 4 is 0 Å². The Labute approximate surface area is 113 Å². The zero-order chi connectivity index (χ0) is 13.8. The smallest absolute Gasteiger partial charge is 0.0757 e. The first-order valence-corrected chi connectivity index (χ1v) is 7.49. The number of hydrogen-bond donors (Lipinski definition) is 1. The van der Waals surface area contributed by atoms with Gasteiger partial charge in [-0.3, -0.25) is 4.90 Å². The Hall–Kier alpha value is -0.120. The Bertz CT molecular complexity index is 243. The summed E-state index contributed by atoms with van der Waals surface area (Å²) >= 11 is 0. The molecule has 0 aromatic carbocycles. The van der Waals surface area contributed by atoms with Gasteiger partial charge in [-0.25, -0.2) is 0 Å². The molecule has 0 saturated carbocycles. The molecule has 0 amide bonds. The lowest BCUT2D eigenvalue weighted by Gasteiger charge is -2.44. The maximum atomic E-state index is 5.96. The fourth-order valence-corrected chi connectivity index (χ4v) is 2.87. The highest BCUT2D eigenvalue weighted by Crippen LogP contribution is 2.22. The van der Waals surface area contributed by atoms with E-state index in [1.54, 1.807) is 0 Å². The Balaban J connectivity index is 2.38. The first kappa shape index (κ1) is 15.9. The molecular weight excluding hydrogens is 224 g/mol. The van der Waals surface area contributed by atoms with Crippen LogP contribution in [0.4, 0.5) is 0 Å². The molecule has 0 bridgehead atoms. The largest absolute Gasteiger partial charge is 0.370 e. The molecule has 0 aromatic rings. The standard InChI is InChI=1S/C15H32N2O/c1-7-8-12(2)16-9-13(3)17-10-14(4)18-15(5,6)11-17/h12-14,16H,7-11H2,1-6H3. The molecule has 3 atom stereocenters. The van der Waals surface area contributed by atoms with E-state index in [1.807, 2.05) is 0 Å². The van der Waals surface area contributed by atoms with E-state index in [0.717, 1.165) is 19.6 Å². The van der Waals surface area contributed by atoms with Crippen molar-refractivity contribution in [1.29, 1.82) is 0 Å². The van der Waals surface area contributed by atoms with Gasteiger partial charge >= 0.3 is 0 Å². The van der Waals surface area contributed by atoms with E-state index in [2.05, 4.69) is 51.8 Å². The molecular formula is C15H32N2O. The van der Waals surface area contributed by atoms with Crippen molar-refractivity contribution in [3.05, 3.63) is 0 Å². The second-order valence-electron chi connectivity index (χ2n) is 6.56. The lowest BCUT2D eigenvalue weighted by molar-refractivity contribution is -0.136. The fourth-order valence-electron chi connectivity index (χ4n) is 2.87. The highest BCUT2D eigenvalue weighted by Gasteiger charge is 2.33. The van der Waals surface area contributed by atoms with E-state index in [-0.39, 0.29) is 5.60 Å². The monoisotopic (exact) mass is 256 g/mol. The van der Waals surface area contributed by atoms with Crippen LogP contribution >= 0.6 is 0 Å². The van der Waals surface area contributed by atoms with Crippen LogP contribution in [-0.2, 0) is 4.74 Å². The van der Waals surface area contributed by atoms with Crippen molar-refractivity contribution in [2.24, 2.45) is 0 Å². The molecule has 1 saturated heterocycles. The summed E-state index contributed by atoms with van der Waals surface area (Å²) in [4.78, 5) is 2.56. The van der Waals surface area contributed by atoms with Gasteiger partial charge in [0.05, 0.1) is 11.7 Å². The second kappa shape index (κ2) is 6.88. The third-order valence-corrected chi connectivity index (χ3v) is 3.70. The fraction of sp³-hybridized carbons (Fsp3) is 1.00. The topological polar surface area (TPSA) is 24.5 Å². The van der Waals surface area contributed by atoms with Gasteiger partial charge in [0.15, 0.2) is 0 Å². The molecule has 18 heavy (non-hydrogen) atoms. The number of ether oxygens (including phenoxy) is 1. The van der Waals surface area contributed by atoms with E-state index in [0.29, 0.717) is 18.2 Å². The number of rotatable bonds is 6. The molecule has 0 aliphatic carbocycles. The van der Waals surface area contributed by atoms with Crippen LogP contribution in [0.25, 0.3) is 0 Å². The molecule has 1 rings (SSSR count). The molecule has 108 valence electrons. The molecule has 0 radical (unpaired) electrons. The summed E-state index contributed by atoms with van der Waals surface area (Å²) in [5.41, 5.74) is -0.0129. The van der Waals surface area contributed by atoms with Crippen LogP contribution in [0.15, 0.2) is 0 Å². The van der Waals surface area contributed by atoms with Gasteiger partial charge in [0.25, 0.3) is 0 Å². The lowest BCUT2D eigenvalue weighted by atomic mass is 10.0. The van der Waals surface area contributed by atoms with E-state index in [4.69, 9.17) is 4.74 Å². The van der Waals surface area contributed by atoms with Gasteiger partial charge in [0.2, 0.25) is 0 Å². The van der Waals surface area contributed by atoms with Crippen LogP contribution in [0.3, 0.4) is 0 Å². The quantitative estimate of drug-likeness (QED) is 0.791. The second-order valence-corrected chi connectivity index (χ2v) is 6.56. The third-order valence-electron chi connectivity index (χ3n) is 3.70. The van der Waals surface area contributed by atoms with Gasteiger partial charge in [0.1, 0.15) is 0 Å². The van der Waals surface area contributed by atoms with Gasteiger partial charge in [0, 0.05) is 31.7 Å². The number of nitrogens with one attached hydrogen (secondary N) is 1. The van der Waals surface area contributed by atoms with Gasteiger partial charge < -0.3 is 10.1 Å². The summed E-state index contributed by atoms with van der Waals surface area (Å²) in [5, 5.41) is 3.64. The Morgan fingerprint density at radius 3 is 2.61 bits per heavy atom. The summed E-state index contributed by atoms with van der Waals surface area (Å²) in [5.74, 6) is 0. The molecule has 3 heteroatoms. The van der Waals surface area contributed by atoms with Crippen LogP contribution in [0, 0.1) is 0 Å². The molecule has 1 N–H and O–H groups in total. The van der Waals surface area contributed by atoms with Gasteiger partial charge in [-0.2, -0.15) is 0 Å². The SMILES string of the molecule is CCCC(C)NCC(C)N1CC(C)OC(C)(C)C1. The maximum Gasteiger partial charge on any atom is 0.0757 e. The molecule has 3 nitrogen and oxygen atoms in total. The first-order chi connectivity index (χ1) is 8.34. The van der Waals surface area contributed by atoms with E-state index >= 15 is 0 Å². The minimum atomic E-state index is -0.0129. The minimum absolute atomic E-state index is 0.0129. The van der Waals surface area contributed by atoms with Crippen LogP contribution in [0.1, 0.15) is 54.4 Å². The molecule has 1 aliphatic rings. The molecule has 3 unspecified atom stereocenters. The molecule has 1 fully saturated rings. The van der Waals surface area contributed by atoms with Gasteiger partial charge in [-0.05, 0) is 41.0 Å². The van der Waals surface area contributed by atoms with Crippen LogP contribution in [-0.4, -0.2) is 48.3 Å². The highest BCUT2D eigenvalue weighted by atomic mass is 16.5. The van der Waals surface area contributed by atoms with Crippen LogP contribution in [0.5, 0.6) is 0 Å². The molecule has 0 spiro atoms. The van der Waals surface area contributed by atoms with Crippen molar-refractivity contribution in [3.8, 4) is 0 Å². The number of nitrogens with zero attached hydrogens (tertiary/aromatic N) is 1. The van der Waals surface area contributed by atoms with Crippen molar-refractivity contribution in [1.82, 2.24) is 10.2 Å². The summed E-state index contributed by atoms with van der Waals surface area (Å²) in [6, 6.07) is 1.21.